The van der Waals surface area contributed by atoms with Crippen molar-refractivity contribution >= 4 is 0 Å². The Bertz CT molecular complexity index is 1350. The number of benzene rings is 3. The number of rotatable bonds is 7. The molecule has 1 heterocycles. The summed E-state index contributed by atoms with van der Waals surface area (Å²) in [6.45, 7) is 3.76. The maximum Gasteiger partial charge on any atom is 0.119 e. The molecule has 0 fully saturated rings. The van der Waals surface area contributed by atoms with Crippen molar-refractivity contribution in [3.05, 3.63) is 106 Å². The Morgan fingerprint density at radius 1 is 0.973 bits per heavy atom. The topological polar surface area (TPSA) is 87.6 Å². The molecule has 1 aliphatic heterocycles. The Morgan fingerprint density at radius 3 is 2.68 bits per heavy atom. The fourth-order valence-corrected chi connectivity index (χ4v) is 6.68. The molecule has 0 radical (unpaired) electrons. The van der Waals surface area contributed by atoms with Crippen molar-refractivity contribution in [1.82, 2.24) is 4.90 Å². The second kappa shape index (κ2) is 9.67. The van der Waals surface area contributed by atoms with Crippen molar-refractivity contribution in [3.63, 3.8) is 0 Å². The summed E-state index contributed by atoms with van der Waals surface area (Å²) in [5, 5.41) is 24.7. The molecule has 0 saturated heterocycles. The second-order valence-electron chi connectivity index (χ2n) is 10.6. The maximum atomic E-state index is 10.6. The number of hydrogen-bond acceptors (Lipinski definition) is 5. The first-order chi connectivity index (χ1) is 18.1. The highest BCUT2D eigenvalue weighted by Crippen LogP contribution is 2.59. The molecular formula is C31H32N3O3-. The van der Waals surface area contributed by atoms with Crippen LogP contribution in [0.25, 0.3) is 5.53 Å². The lowest BCUT2D eigenvalue weighted by atomic mass is 9.62. The Balaban J connectivity index is 1.32. The van der Waals surface area contributed by atoms with E-state index in [0.29, 0.717) is 19.4 Å². The molecule has 6 nitrogen and oxygen atoms in total. The normalized spacial score (nSPS) is 24.2. The minimum absolute atomic E-state index is 0.0432. The summed E-state index contributed by atoms with van der Waals surface area (Å²) in [6, 6.07) is 19.1. The van der Waals surface area contributed by atoms with Gasteiger partial charge in [-0.2, -0.15) is 0 Å². The molecule has 0 amide bonds. The van der Waals surface area contributed by atoms with Crippen LogP contribution in [0, 0.1) is 0 Å². The third-order valence-corrected chi connectivity index (χ3v) is 8.35. The van der Waals surface area contributed by atoms with E-state index in [1.54, 1.807) is 18.2 Å². The molecule has 2 N–H and O–H groups in total. The lowest BCUT2D eigenvalue weighted by Crippen LogP contribution is -2.43. The fraction of sp³-hybridized carbons (Fsp3) is 0.355. The highest BCUT2D eigenvalue weighted by molar-refractivity contribution is 5.57. The summed E-state index contributed by atoms with van der Waals surface area (Å²) in [7, 11) is 0. The lowest BCUT2D eigenvalue weighted by molar-refractivity contribution is 0.246. The molecule has 3 aromatic rings. The third-order valence-electron chi connectivity index (χ3n) is 8.35. The van der Waals surface area contributed by atoms with Gasteiger partial charge in [0, 0.05) is 31.5 Å². The van der Waals surface area contributed by atoms with Gasteiger partial charge in [-0.05, 0) is 89.9 Å². The first-order valence-electron chi connectivity index (χ1n) is 13.2. The van der Waals surface area contributed by atoms with Crippen molar-refractivity contribution < 1.29 is 14.9 Å². The van der Waals surface area contributed by atoms with E-state index in [1.165, 1.54) is 0 Å². The van der Waals surface area contributed by atoms with E-state index in [2.05, 4.69) is 34.3 Å². The number of nitrogens with zero attached hydrogens (tertiary/aromatic N) is 3. The van der Waals surface area contributed by atoms with Crippen LogP contribution in [0.3, 0.4) is 0 Å². The number of phenolic OH excluding ortho intramolecular Hbond substituents is 2. The van der Waals surface area contributed by atoms with E-state index in [-0.39, 0.29) is 23.3 Å². The van der Waals surface area contributed by atoms with Crippen LogP contribution in [0.4, 0.5) is 0 Å². The number of hydrogen-bond donors (Lipinski definition) is 2. The van der Waals surface area contributed by atoms with Crippen LogP contribution in [0.2, 0.25) is 0 Å². The van der Waals surface area contributed by atoms with Crippen LogP contribution in [0.5, 0.6) is 17.2 Å². The standard InChI is InChI=1S/C31H32N3O3/c32-33-31-20-23-16-24(35)10-11-27(23)29(31)18-21-8-9-25(36)19-28(21)30(31)22-6-4-7-26(17-22)37-15-5-14-34-12-2-1-3-13-34/h1-2,4,6-11,16-17,19,29-30,35-36H,3,5,12-15,18,20H2/q-1/t29-,30+,31-/m0/s1. The highest BCUT2D eigenvalue weighted by Gasteiger charge is 2.53. The monoisotopic (exact) mass is 494 g/mol. The van der Waals surface area contributed by atoms with Crippen molar-refractivity contribution in [2.45, 2.75) is 43.1 Å². The van der Waals surface area contributed by atoms with Crippen LogP contribution in [0.15, 0.2) is 77.9 Å². The SMILES string of the molecule is [N-]=N[C@@]12Cc3cc(O)ccc3[C@@H]1Cc1ccc(O)cc1[C@H]2c1cccc(OCCCN2CC=CCC2)c1. The molecule has 0 aromatic heterocycles. The summed E-state index contributed by atoms with van der Waals surface area (Å²) in [5.41, 5.74) is 15.0. The van der Waals surface area contributed by atoms with Gasteiger partial charge >= 0.3 is 0 Å². The van der Waals surface area contributed by atoms with Gasteiger partial charge in [0.15, 0.2) is 0 Å². The molecule has 0 spiro atoms. The van der Waals surface area contributed by atoms with Crippen molar-refractivity contribution in [2.75, 3.05) is 26.2 Å². The third kappa shape index (κ3) is 4.29. The van der Waals surface area contributed by atoms with Crippen LogP contribution < -0.4 is 4.74 Å². The van der Waals surface area contributed by atoms with Crippen LogP contribution in [-0.2, 0) is 12.8 Å². The van der Waals surface area contributed by atoms with E-state index in [9.17, 15) is 15.7 Å². The molecule has 0 saturated carbocycles. The predicted octanol–water partition coefficient (Wildman–Crippen LogP) is 5.92. The summed E-state index contributed by atoms with van der Waals surface area (Å²) < 4.78 is 6.18. The Labute approximate surface area is 217 Å². The van der Waals surface area contributed by atoms with E-state index in [4.69, 9.17) is 4.74 Å². The maximum absolute atomic E-state index is 10.6. The molecule has 3 aliphatic rings. The molecular weight excluding hydrogens is 462 g/mol. The Kier molecular flexibility index (Phi) is 6.21. The van der Waals surface area contributed by atoms with Gasteiger partial charge in [-0.25, -0.2) is 0 Å². The summed E-state index contributed by atoms with van der Waals surface area (Å²) in [5.74, 6) is 0.882. The first-order valence-corrected chi connectivity index (χ1v) is 13.2. The zero-order valence-corrected chi connectivity index (χ0v) is 20.9. The molecule has 3 aromatic carbocycles. The van der Waals surface area contributed by atoms with Crippen LogP contribution in [0.1, 0.15) is 52.5 Å². The smallest absolute Gasteiger partial charge is 0.119 e. The quantitative estimate of drug-likeness (QED) is 0.243. The van der Waals surface area contributed by atoms with Gasteiger partial charge < -0.3 is 25.6 Å². The van der Waals surface area contributed by atoms with Crippen molar-refractivity contribution in [1.29, 1.82) is 0 Å². The molecule has 6 heteroatoms. The molecule has 37 heavy (non-hydrogen) atoms. The van der Waals surface area contributed by atoms with Gasteiger partial charge in [-0.15, -0.1) is 0 Å². The number of phenols is 2. The summed E-state index contributed by atoms with van der Waals surface area (Å²) in [4.78, 5) is 2.44. The van der Waals surface area contributed by atoms with Crippen molar-refractivity contribution in [3.8, 4) is 17.2 Å². The summed E-state index contributed by atoms with van der Waals surface area (Å²) >= 11 is 0. The van der Waals surface area contributed by atoms with Gasteiger partial charge in [0.2, 0.25) is 0 Å². The Morgan fingerprint density at radius 2 is 1.84 bits per heavy atom. The molecule has 3 atom stereocenters. The van der Waals surface area contributed by atoms with Gasteiger partial charge in [0.25, 0.3) is 0 Å². The molecule has 2 aliphatic carbocycles. The Hall–Kier alpha value is -3.64. The lowest BCUT2D eigenvalue weighted by Gasteiger charge is -2.47. The van der Waals surface area contributed by atoms with E-state index in [0.717, 1.165) is 66.0 Å². The minimum atomic E-state index is -0.836. The zero-order chi connectivity index (χ0) is 25.4. The highest BCUT2D eigenvalue weighted by atomic mass is 16.5. The molecule has 190 valence electrons. The van der Waals surface area contributed by atoms with E-state index >= 15 is 0 Å². The average Bonchev–Trinajstić information content (AvgIpc) is 3.23. The van der Waals surface area contributed by atoms with Gasteiger partial charge in [-0.3, -0.25) is 4.90 Å². The number of aromatic hydroxyl groups is 2. The average molecular weight is 495 g/mol. The van der Waals surface area contributed by atoms with Crippen LogP contribution >= 0.6 is 0 Å². The molecule has 6 rings (SSSR count). The summed E-state index contributed by atoms with van der Waals surface area (Å²) in [6.07, 6.45) is 7.75. The first kappa shape index (κ1) is 23.7. The predicted molar refractivity (Wildman–Crippen MR) is 143 cm³/mol. The number of ether oxygens (including phenoxy) is 1. The van der Waals surface area contributed by atoms with Crippen molar-refractivity contribution in [2.24, 2.45) is 5.11 Å². The van der Waals surface area contributed by atoms with Gasteiger partial charge in [0.05, 0.1) is 12.1 Å². The number of fused-ring (bicyclic) bond motifs is 4. The van der Waals surface area contributed by atoms with Gasteiger partial charge in [0.1, 0.15) is 17.2 Å². The fourth-order valence-electron chi connectivity index (χ4n) is 6.68. The molecule has 0 bridgehead atoms. The van der Waals surface area contributed by atoms with Crippen LogP contribution in [-0.4, -0.2) is 46.9 Å². The van der Waals surface area contributed by atoms with Gasteiger partial charge in [-0.1, -0.05) is 36.4 Å². The van der Waals surface area contributed by atoms with E-state index < -0.39 is 5.54 Å². The largest absolute Gasteiger partial charge is 0.711 e. The molecule has 0 unspecified atom stereocenters. The zero-order valence-electron chi connectivity index (χ0n) is 20.9. The van der Waals surface area contributed by atoms with E-state index in [1.807, 2.05) is 30.3 Å². The second-order valence-corrected chi connectivity index (χ2v) is 10.6. The minimum Gasteiger partial charge on any atom is -0.711 e.